The molecule has 2 aliphatic rings. The first-order chi connectivity index (χ1) is 13.2. The van der Waals surface area contributed by atoms with Gasteiger partial charge in [0.2, 0.25) is 0 Å². The van der Waals surface area contributed by atoms with E-state index in [0.717, 1.165) is 12.2 Å². The minimum Gasteiger partial charge on any atom is -0.507 e. The SMILES string of the molecule is CC1=CC(=O)c2c(O)ccc(-c3ccc(O)c4c3C(=O)C(C)=CC4=O)c2C1=O. The number of fused-ring (bicyclic) bond motifs is 2. The first kappa shape index (κ1) is 17.6. The van der Waals surface area contributed by atoms with Crippen molar-refractivity contribution in [3.63, 3.8) is 0 Å². The maximum absolute atomic E-state index is 12.8. The first-order valence-corrected chi connectivity index (χ1v) is 8.49. The molecule has 0 aliphatic heterocycles. The average molecular weight is 374 g/mol. The largest absolute Gasteiger partial charge is 0.507 e. The molecule has 0 spiro atoms. The number of phenolic OH excluding ortho intramolecular Hbond substituents is 2. The molecule has 2 aromatic carbocycles. The van der Waals surface area contributed by atoms with E-state index < -0.39 is 23.1 Å². The highest BCUT2D eigenvalue weighted by molar-refractivity contribution is 6.30. The summed E-state index contributed by atoms with van der Waals surface area (Å²) < 4.78 is 0. The van der Waals surface area contributed by atoms with Gasteiger partial charge in [0.05, 0.1) is 11.1 Å². The Morgan fingerprint density at radius 1 is 0.571 bits per heavy atom. The number of ketones is 4. The molecule has 6 nitrogen and oxygen atoms in total. The lowest BCUT2D eigenvalue weighted by Gasteiger charge is -2.22. The topological polar surface area (TPSA) is 109 Å². The number of benzene rings is 2. The summed E-state index contributed by atoms with van der Waals surface area (Å²) in [4.78, 5) is 50.4. The Morgan fingerprint density at radius 3 is 1.29 bits per heavy atom. The third-order valence-electron chi connectivity index (χ3n) is 5.02. The van der Waals surface area contributed by atoms with E-state index in [-0.39, 0.29) is 56.0 Å². The number of aromatic hydroxyl groups is 2. The molecule has 2 N–H and O–H groups in total. The average Bonchev–Trinajstić information content (AvgIpc) is 2.64. The second kappa shape index (κ2) is 5.85. The normalized spacial score (nSPS) is 15.8. The fourth-order valence-corrected chi connectivity index (χ4v) is 3.67. The van der Waals surface area contributed by atoms with Gasteiger partial charge in [0.25, 0.3) is 0 Å². The van der Waals surface area contributed by atoms with Gasteiger partial charge in [0, 0.05) is 22.3 Å². The smallest absolute Gasteiger partial charge is 0.190 e. The van der Waals surface area contributed by atoms with Gasteiger partial charge in [-0.3, -0.25) is 19.2 Å². The molecule has 2 aliphatic carbocycles. The molecule has 0 saturated heterocycles. The van der Waals surface area contributed by atoms with Gasteiger partial charge in [0.1, 0.15) is 11.5 Å². The Balaban J connectivity index is 2.11. The van der Waals surface area contributed by atoms with Gasteiger partial charge in [-0.05, 0) is 61.4 Å². The van der Waals surface area contributed by atoms with Crippen LogP contribution in [0.1, 0.15) is 55.3 Å². The number of carbonyl (C=O) groups excluding carboxylic acids is 4. The summed E-state index contributed by atoms with van der Waals surface area (Å²) in [5.41, 5.74) is 0.562. The maximum atomic E-state index is 12.8. The zero-order chi connectivity index (χ0) is 20.3. The molecule has 0 fully saturated rings. The van der Waals surface area contributed by atoms with E-state index >= 15 is 0 Å². The van der Waals surface area contributed by atoms with E-state index in [0.29, 0.717) is 0 Å². The molecule has 0 amide bonds. The van der Waals surface area contributed by atoms with Gasteiger partial charge in [-0.2, -0.15) is 0 Å². The number of hydrogen-bond acceptors (Lipinski definition) is 6. The van der Waals surface area contributed by atoms with E-state index in [1.807, 2.05) is 0 Å². The standard InChI is InChI=1S/C22H14O6/c1-9-7-15(25)19-13(23)5-3-11(17(19)21(9)27)12-4-6-14(24)20-16(26)8-10(2)22(28)18(12)20/h3-8,23-24H,1-2H3. The summed E-state index contributed by atoms with van der Waals surface area (Å²) >= 11 is 0. The van der Waals surface area contributed by atoms with Crippen LogP contribution in [0.3, 0.4) is 0 Å². The molecule has 0 saturated carbocycles. The Kier molecular flexibility index (Phi) is 3.68. The minimum atomic E-state index is -0.516. The Bertz CT molecular complexity index is 1110. The van der Waals surface area contributed by atoms with Crippen molar-refractivity contribution in [2.24, 2.45) is 0 Å². The van der Waals surface area contributed by atoms with Gasteiger partial charge in [-0.15, -0.1) is 0 Å². The highest BCUT2D eigenvalue weighted by atomic mass is 16.3. The van der Waals surface area contributed by atoms with Crippen molar-refractivity contribution in [1.82, 2.24) is 0 Å². The van der Waals surface area contributed by atoms with Crippen LogP contribution in [-0.4, -0.2) is 33.3 Å². The van der Waals surface area contributed by atoms with Crippen molar-refractivity contribution >= 4 is 23.1 Å². The lowest BCUT2D eigenvalue weighted by Crippen LogP contribution is -2.20. The third-order valence-corrected chi connectivity index (χ3v) is 5.02. The van der Waals surface area contributed by atoms with Gasteiger partial charge >= 0.3 is 0 Å². The molecule has 2 aromatic rings. The summed E-state index contributed by atoms with van der Waals surface area (Å²) in [6.07, 6.45) is 2.31. The zero-order valence-corrected chi connectivity index (χ0v) is 15.0. The number of rotatable bonds is 1. The molecule has 0 bridgehead atoms. The first-order valence-electron chi connectivity index (χ1n) is 8.49. The molecule has 4 rings (SSSR count). The Labute approximate surface area is 159 Å². The summed E-state index contributed by atoms with van der Waals surface area (Å²) in [6.45, 7) is 2.98. The number of hydrogen-bond donors (Lipinski definition) is 2. The molecule has 28 heavy (non-hydrogen) atoms. The van der Waals surface area contributed by atoms with Crippen LogP contribution in [0.25, 0.3) is 11.1 Å². The highest BCUT2D eigenvalue weighted by Gasteiger charge is 2.34. The number of Topliss-reactive ketones (excluding diaryl/α,β-unsaturated/α-hetero) is 2. The monoisotopic (exact) mass is 374 g/mol. The van der Waals surface area contributed by atoms with Crippen molar-refractivity contribution in [3.8, 4) is 22.6 Å². The fourth-order valence-electron chi connectivity index (χ4n) is 3.67. The van der Waals surface area contributed by atoms with Crippen LogP contribution >= 0.6 is 0 Å². The molecule has 6 heteroatoms. The Morgan fingerprint density at radius 2 is 0.929 bits per heavy atom. The second-order valence-electron chi connectivity index (χ2n) is 6.81. The quantitative estimate of drug-likeness (QED) is 0.792. The van der Waals surface area contributed by atoms with E-state index in [1.54, 1.807) is 0 Å². The van der Waals surface area contributed by atoms with E-state index in [4.69, 9.17) is 0 Å². The lowest BCUT2D eigenvalue weighted by atomic mass is 9.79. The van der Waals surface area contributed by atoms with Gasteiger partial charge in [-0.25, -0.2) is 0 Å². The predicted molar refractivity (Wildman–Crippen MR) is 100 cm³/mol. The zero-order valence-electron chi connectivity index (χ0n) is 15.0. The van der Waals surface area contributed by atoms with Crippen molar-refractivity contribution in [3.05, 3.63) is 69.8 Å². The molecule has 0 heterocycles. The summed E-state index contributed by atoms with van der Waals surface area (Å²) in [5.74, 6) is -2.62. The highest BCUT2D eigenvalue weighted by Crippen LogP contribution is 2.41. The summed E-state index contributed by atoms with van der Waals surface area (Å²) in [6, 6.07) is 5.39. The second-order valence-corrected chi connectivity index (χ2v) is 6.81. The molecule has 138 valence electrons. The molecule has 0 aromatic heterocycles. The van der Waals surface area contributed by atoms with Crippen LogP contribution in [-0.2, 0) is 0 Å². The van der Waals surface area contributed by atoms with E-state index in [1.165, 1.54) is 38.1 Å². The van der Waals surface area contributed by atoms with Gasteiger partial charge in [-0.1, -0.05) is 0 Å². The minimum absolute atomic E-state index is 0.0228. The summed E-state index contributed by atoms with van der Waals surface area (Å²) in [7, 11) is 0. The van der Waals surface area contributed by atoms with Gasteiger partial charge < -0.3 is 10.2 Å². The maximum Gasteiger partial charge on any atom is 0.190 e. The molecular weight excluding hydrogens is 360 g/mol. The van der Waals surface area contributed by atoms with E-state index in [9.17, 15) is 29.4 Å². The van der Waals surface area contributed by atoms with Crippen molar-refractivity contribution in [2.45, 2.75) is 13.8 Å². The summed E-state index contributed by atoms with van der Waals surface area (Å²) in [5, 5.41) is 20.3. The Hall–Kier alpha value is -3.80. The number of allylic oxidation sites excluding steroid dienone is 4. The van der Waals surface area contributed by atoms with Crippen LogP contribution in [0.5, 0.6) is 11.5 Å². The van der Waals surface area contributed by atoms with Crippen LogP contribution in [0.15, 0.2) is 47.6 Å². The molecular formula is C22H14O6. The molecule has 0 atom stereocenters. The van der Waals surface area contributed by atoms with Crippen molar-refractivity contribution < 1.29 is 29.4 Å². The van der Waals surface area contributed by atoms with E-state index in [2.05, 4.69) is 0 Å². The van der Waals surface area contributed by atoms with Crippen LogP contribution in [0.2, 0.25) is 0 Å². The third kappa shape index (κ3) is 2.28. The van der Waals surface area contributed by atoms with Crippen molar-refractivity contribution in [1.29, 1.82) is 0 Å². The number of carbonyl (C=O) groups is 4. The van der Waals surface area contributed by atoms with Crippen LogP contribution in [0, 0.1) is 0 Å². The van der Waals surface area contributed by atoms with Crippen molar-refractivity contribution in [2.75, 3.05) is 0 Å². The predicted octanol–water partition coefficient (Wildman–Crippen LogP) is 3.42. The van der Waals surface area contributed by atoms with Crippen LogP contribution in [0.4, 0.5) is 0 Å². The lowest BCUT2D eigenvalue weighted by molar-refractivity contribution is 0.0981. The fraction of sp³-hybridized carbons (Fsp3) is 0.0909. The van der Waals surface area contributed by atoms with Crippen LogP contribution < -0.4 is 0 Å². The number of phenols is 2. The molecule has 0 radical (unpaired) electrons. The molecule has 0 unspecified atom stereocenters. The van der Waals surface area contributed by atoms with Gasteiger partial charge in [0.15, 0.2) is 23.1 Å².